The van der Waals surface area contributed by atoms with Gasteiger partial charge in [-0.15, -0.1) is 11.3 Å². The Bertz CT molecular complexity index is 796. The van der Waals surface area contributed by atoms with Crippen LogP contribution in [0.5, 0.6) is 0 Å². The van der Waals surface area contributed by atoms with E-state index in [9.17, 15) is 4.79 Å². The molecule has 6 heteroatoms. The minimum absolute atomic E-state index is 0.0716. The second kappa shape index (κ2) is 5.34. The van der Waals surface area contributed by atoms with Crippen molar-refractivity contribution in [3.05, 3.63) is 25.6 Å². The predicted octanol–water partition coefficient (Wildman–Crippen LogP) is 3.18. The van der Waals surface area contributed by atoms with E-state index in [1.165, 1.54) is 16.9 Å². The minimum atomic E-state index is 0.0716. The molecule has 1 fully saturated rings. The Kier molecular flexibility index (Phi) is 3.47. The van der Waals surface area contributed by atoms with E-state index in [-0.39, 0.29) is 11.7 Å². The second-order valence-corrected chi connectivity index (χ2v) is 7.39. The molecule has 1 aliphatic heterocycles. The monoisotopic (exact) mass is 322 g/mol. The Morgan fingerprint density at radius 3 is 3.05 bits per heavy atom. The smallest absolute Gasteiger partial charge is 0.263 e. The van der Waals surface area contributed by atoms with Crippen LogP contribution in [-0.2, 0) is 24.1 Å². The lowest BCUT2D eigenvalue weighted by Gasteiger charge is -2.23. The molecule has 4 rings (SSSR count). The van der Waals surface area contributed by atoms with Crippen molar-refractivity contribution in [2.75, 3.05) is 6.61 Å². The van der Waals surface area contributed by atoms with Crippen molar-refractivity contribution in [2.24, 2.45) is 0 Å². The molecule has 0 aromatic carbocycles. The highest BCUT2D eigenvalue weighted by atomic mass is 32.1. The molecule has 21 heavy (non-hydrogen) atoms. The van der Waals surface area contributed by atoms with Gasteiger partial charge in [0, 0.05) is 11.5 Å². The average molecular weight is 322 g/mol. The lowest BCUT2D eigenvalue weighted by atomic mass is 10.1. The van der Waals surface area contributed by atoms with Crippen molar-refractivity contribution in [1.82, 2.24) is 9.55 Å². The predicted molar refractivity (Wildman–Crippen MR) is 86.9 cm³/mol. The van der Waals surface area contributed by atoms with Crippen LogP contribution < -0.4 is 5.56 Å². The van der Waals surface area contributed by atoms with Crippen molar-refractivity contribution in [2.45, 2.75) is 51.2 Å². The van der Waals surface area contributed by atoms with Crippen molar-refractivity contribution in [3.63, 3.8) is 0 Å². The summed E-state index contributed by atoms with van der Waals surface area (Å²) in [5, 5.41) is 0.872. The molecular formula is C15H18N2O2S2. The third kappa shape index (κ3) is 2.29. The summed E-state index contributed by atoms with van der Waals surface area (Å²) in [6.07, 6.45) is 6.71. The first-order chi connectivity index (χ1) is 10.2. The van der Waals surface area contributed by atoms with Crippen LogP contribution in [0.15, 0.2) is 4.79 Å². The molecule has 0 radical (unpaired) electrons. The fourth-order valence-corrected chi connectivity index (χ4v) is 5.04. The molecule has 1 unspecified atom stereocenters. The molecule has 1 aliphatic carbocycles. The highest BCUT2D eigenvalue weighted by Gasteiger charge is 2.23. The molecule has 1 atom stereocenters. The van der Waals surface area contributed by atoms with E-state index in [0.717, 1.165) is 48.9 Å². The zero-order valence-electron chi connectivity index (χ0n) is 11.8. The summed E-state index contributed by atoms with van der Waals surface area (Å²) in [6, 6.07) is 0. The van der Waals surface area contributed by atoms with Crippen LogP contribution in [0.25, 0.3) is 10.2 Å². The zero-order valence-corrected chi connectivity index (χ0v) is 13.4. The molecule has 1 saturated heterocycles. The third-order valence-corrected chi connectivity index (χ3v) is 6.04. The van der Waals surface area contributed by atoms with E-state index in [2.05, 4.69) is 4.98 Å². The van der Waals surface area contributed by atoms with Gasteiger partial charge in [0.15, 0.2) is 4.77 Å². The van der Waals surface area contributed by atoms with Gasteiger partial charge >= 0.3 is 0 Å². The van der Waals surface area contributed by atoms with E-state index < -0.39 is 0 Å². The van der Waals surface area contributed by atoms with Gasteiger partial charge in [0.2, 0.25) is 0 Å². The Morgan fingerprint density at radius 2 is 2.24 bits per heavy atom. The summed E-state index contributed by atoms with van der Waals surface area (Å²) in [7, 11) is 0. The summed E-state index contributed by atoms with van der Waals surface area (Å²) in [5.74, 6) is 0. The van der Waals surface area contributed by atoms with Crippen molar-refractivity contribution < 1.29 is 4.74 Å². The molecule has 0 spiro atoms. The topological polar surface area (TPSA) is 47.0 Å². The number of hydrogen-bond donors (Lipinski definition) is 1. The Hall–Kier alpha value is -0.980. The quantitative estimate of drug-likeness (QED) is 0.864. The van der Waals surface area contributed by atoms with Crippen LogP contribution in [0.3, 0.4) is 0 Å². The molecule has 1 N–H and O–H groups in total. The SMILES string of the molecule is O=c1c2c3c(sc2[nH]c(=S)n1CC1CCCCO1)CCC3. The molecular weight excluding hydrogens is 304 g/mol. The number of fused-ring (bicyclic) bond motifs is 3. The first-order valence-corrected chi connectivity index (χ1v) is 8.85. The molecule has 2 aromatic heterocycles. The fourth-order valence-electron chi connectivity index (χ4n) is 3.43. The van der Waals surface area contributed by atoms with E-state index in [4.69, 9.17) is 17.0 Å². The van der Waals surface area contributed by atoms with Gasteiger partial charge in [-0.1, -0.05) is 0 Å². The minimum Gasteiger partial charge on any atom is -0.376 e. The van der Waals surface area contributed by atoms with Gasteiger partial charge in [0.1, 0.15) is 4.83 Å². The lowest BCUT2D eigenvalue weighted by Crippen LogP contribution is -2.31. The summed E-state index contributed by atoms with van der Waals surface area (Å²) >= 11 is 7.10. The maximum absolute atomic E-state index is 12.9. The number of H-pyrrole nitrogens is 1. The first-order valence-electron chi connectivity index (χ1n) is 7.63. The van der Waals surface area contributed by atoms with Crippen LogP contribution in [0.4, 0.5) is 0 Å². The lowest BCUT2D eigenvalue weighted by molar-refractivity contribution is 0.00512. The number of aromatic amines is 1. The fraction of sp³-hybridized carbons (Fsp3) is 0.600. The standard InChI is InChI=1S/C15H18N2O2S2/c18-14-12-10-5-3-6-11(10)21-13(12)16-15(20)17(14)8-9-4-1-2-7-19-9/h9H,1-8H2,(H,16,20). The number of rotatable bonds is 2. The number of nitrogens with one attached hydrogen (secondary N) is 1. The normalized spacial score (nSPS) is 21.8. The van der Waals surface area contributed by atoms with E-state index in [1.807, 2.05) is 0 Å². The molecule has 112 valence electrons. The van der Waals surface area contributed by atoms with Gasteiger partial charge in [-0.25, -0.2) is 0 Å². The largest absolute Gasteiger partial charge is 0.376 e. The highest BCUT2D eigenvalue weighted by Crippen LogP contribution is 2.34. The Morgan fingerprint density at radius 1 is 1.33 bits per heavy atom. The summed E-state index contributed by atoms with van der Waals surface area (Å²) in [4.78, 5) is 18.4. The van der Waals surface area contributed by atoms with Crippen LogP contribution in [0.1, 0.15) is 36.1 Å². The molecule has 2 aliphatic rings. The summed E-state index contributed by atoms with van der Waals surface area (Å²) in [6.45, 7) is 1.38. The van der Waals surface area contributed by atoms with E-state index >= 15 is 0 Å². The number of nitrogens with zero attached hydrogens (tertiary/aromatic N) is 1. The Labute approximate surface area is 131 Å². The number of ether oxygens (including phenoxy) is 1. The van der Waals surface area contributed by atoms with Crippen LogP contribution in [0.2, 0.25) is 0 Å². The van der Waals surface area contributed by atoms with Crippen molar-refractivity contribution in [1.29, 1.82) is 0 Å². The average Bonchev–Trinajstić information content (AvgIpc) is 3.04. The maximum Gasteiger partial charge on any atom is 0.263 e. The van der Waals surface area contributed by atoms with E-state index in [0.29, 0.717) is 11.3 Å². The van der Waals surface area contributed by atoms with Gasteiger partial charge in [0.25, 0.3) is 5.56 Å². The molecule has 0 bridgehead atoms. The van der Waals surface area contributed by atoms with Crippen molar-refractivity contribution in [3.8, 4) is 0 Å². The van der Waals surface area contributed by atoms with Gasteiger partial charge in [-0.05, 0) is 56.3 Å². The third-order valence-electron chi connectivity index (χ3n) is 4.51. The molecule has 2 aromatic rings. The number of hydrogen-bond acceptors (Lipinski definition) is 4. The van der Waals surface area contributed by atoms with Gasteiger partial charge in [0.05, 0.1) is 18.0 Å². The Balaban J connectivity index is 1.81. The number of aryl methyl sites for hydroxylation is 2. The van der Waals surface area contributed by atoms with Crippen molar-refractivity contribution >= 4 is 33.8 Å². The maximum atomic E-state index is 12.9. The zero-order chi connectivity index (χ0) is 14.4. The molecule has 0 saturated carbocycles. The second-order valence-electron chi connectivity index (χ2n) is 5.90. The highest BCUT2D eigenvalue weighted by molar-refractivity contribution is 7.71. The van der Waals surface area contributed by atoms with Crippen LogP contribution >= 0.6 is 23.6 Å². The molecule has 4 nitrogen and oxygen atoms in total. The van der Waals surface area contributed by atoms with Gasteiger partial charge < -0.3 is 9.72 Å². The molecule has 0 amide bonds. The van der Waals surface area contributed by atoms with Gasteiger partial charge in [-0.3, -0.25) is 9.36 Å². The first kappa shape index (κ1) is 13.7. The number of aromatic nitrogens is 2. The summed E-state index contributed by atoms with van der Waals surface area (Å²) < 4.78 is 8.00. The van der Waals surface area contributed by atoms with Gasteiger partial charge in [-0.2, -0.15) is 0 Å². The van der Waals surface area contributed by atoms with Crippen LogP contribution in [-0.4, -0.2) is 22.3 Å². The summed E-state index contributed by atoms with van der Waals surface area (Å²) in [5.41, 5.74) is 1.33. The van der Waals surface area contributed by atoms with E-state index in [1.54, 1.807) is 15.9 Å². The molecule has 3 heterocycles. The number of thiophene rings is 1. The van der Waals surface area contributed by atoms with Crippen LogP contribution in [0, 0.1) is 4.77 Å².